The van der Waals surface area contributed by atoms with Crippen LogP contribution < -0.4 is 0 Å². The number of nitrogens with zero attached hydrogens (tertiary/aromatic N) is 4. The summed E-state index contributed by atoms with van der Waals surface area (Å²) in [5.41, 5.74) is -1.05. The minimum atomic E-state index is -4.71. The van der Waals surface area contributed by atoms with Crippen LogP contribution in [0.15, 0.2) is 35.3 Å². The third-order valence-electron chi connectivity index (χ3n) is 6.30. The standard InChI is InChI=1S/C22H20ClF3N4O4/c1-12-10-34-21(32)30(12)15-2-5-28(6-3-15)20(31)17-18(23)29-9-14(13-4-7-33-11-13)8-16(19(29)27-17)22(24,25)26/h4,7-9,11-12,15H,2-3,5-6,10H2,1H3/t12-/m0/s1. The van der Waals surface area contributed by atoms with E-state index in [4.69, 9.17) is 20.8 Å². The number of hydrogen-bond donors (Lipinski definition) is 0. The summed E-state index contributed by atoms with van der Waals surface area (Å²) in [7, 11) is 0. The van der Waals surface area contributed by atoms with Gasteiger partial charge < -0.3 is 14.1 Å². The highest BCUT2D eigenvalue weighted by atomic mass is 35.5. The smallest absolute Gasteiger partial charge is 0.420 e. The second kappa shape index (κ2) is 8.23. The quantitative estimate of drug-likeness (QED) is 0.524. The van der Waals surface area contributed by atoms with E-state index in [0.29, 0.717) is 38.1 Å². The summed E-state index contributed by atoms with van der Waals surface area (Å²) in [4.78, 5) is 32.4. The molecule has 180 valence electrons. The van der Waals surface area contributed by atoms with E-state index in [-0.39, 0.29) is 34.6 Å². The van der Waals surface area contributed by atoms with Crippen LogP contribution in [0.2, 0.25) is 5.15 Å². The van der Waals surface area contributed by atoms with Gasteiger partial charge in [0.15, 0.2) is 11.3 Å². The molecule has 0 spiro atoms. The average Bonchev–Trinajstić information content (AvgIpc) is 3.52. The summed E-state index contributed by atoms with van der Waals surface area (Å²) >= 11 is 6.39. The molecule has 2 aliphatic rings. The molecule has 2 aliphatic heterocycles. The normalized spacial score (nSPS) is 19.8. The molecule has 2 fully saturated rings. The second-order valence-electron chi connectivity index (χ2n) is 8.45. The largest absolute Gasteiger partial charge is 0.472 e. The van der Waals surface area contributed by atoms with Crippen molar-refractivity contribution in [1.29, 1.82) is 0 Å². The maximum atomic E-state index is 13.8. The number of aromatic nitrogens is 2. The number of hydrogen-bond acceptors (Lipinski definition) is 5. The van der Waals surface area contributed by atoms with Crippen molar-refractivity contribution in [1.82, 2.24) is 19.2 Å². The number of halogens is 4. The number of likely N-dealkylation sites (tertiary alicyclic amines) is 1. The number of furan rings is 1. The predicted octanol–water partition coefficient (Wildman–Crippen LogP) is 4.71. The summed E-state index contributed by atoms with van der Waals surface area (Å²) in [5.74, 6) is -0.554. The van der Waals surface area contributed by atoms with E-state index in [0.717, 1.165) is 10.5 Å². The molecule has 5 rings (SSSR count). The lowest BCUT2D eigenvalue weighted by atomic mass is 10.0. The molecule has 34 heavy (non-hydrogen) atoms. The highest BCUT2D eigenvalue weighted by Gasteiger charge is 2.39. The van der Waals surface area contributed by atoms with E-state index in [9.17, 15) is 22.8 Å². The molecule has 3 aromatic rings. The average molecular weight is 497 g/mol. The molecule has 2 saturated heterocycles. The van der Waals surface area contributed by atoms with Crippen LogP contribution in [0.1, 0.15) is 35.8 Å². The lowest BCUT2D eigenvalue weighted by Gasteiger charge is -2.36. The Labute approximate surface area is 196 Å². The zero-order chi connectivity index (χ0) is 24.2. The maximum Gasteiger partial charge on any atom is 0.420 e. The van der Waals surface area contributed by atoms with Gasteiger partial charge in [-0.15, -0.1) is 0 Å². The van der Waals surface area contributed by atoms with Crippen LogP contribution in [0.5, 0.6) is 0 Å². The first-order valence-corrected chi connectivity index (χ1v) is 11.1. The molecule has 1 atom stereocenters. The van der Waals surface area contributed by atoms with Gasteiger partial charge in [0.1, 0.15) is 11.8 Å². The number of fused-ring (bicyclic) bond motifs is 1. The summed E-state index contributed by atoms with van der Waals surface area (Å²) < 4.78 is 52.6. The minimum absolute atomic E-state index is 0.0437. The number of carbonyl (C=O) groups is 2. The molecule has 2 amide bonds. The van der Waals surface area contributed by atoms with E-state index in [1.54, 1.807) is 4.90 Å². The van der Waals surface area contributed by atoms with E-state index in [2.05, 4.69) is 4.98 Å². The first-order chi connectivity index (χ1) is 16.1. The van der Waals surface area contributed by atoms with E-state index < -0.39 is 23.3 Å². The van der Waals surface area contributed by atoms with Crippen molar-refractivity contribution in [2.45, 2.75) is 38.0 Å². The van der Waals surface area contributed by atoms with Gasteiger partial charge in [-0.25, -0.2) is 9.78 Å². The van der Waals surface area contributed by atoms with Gasteiger partial charge in [-0.1, -0.05) is 11.6 Å². The topological polar surface area (TPSA) is 80.3 Å². The van der Waals surface area contributed by atoms with Crippen LogP contribution in [0.4, 0.5) is 18.0 Å². The molecule has 0 aliphatic carbocycles. The molecule has 0 N–H and O–H groups in total. The van der Waals surface area contributed by atoms with Crippen LogP contribution >= 0.6 is 11.6 Å². The summed E-state index contributed by atoms with van der Waals surface area (Å²) in [6, 6.07) is 2.37. The number of pyridine rings is 1. The van der Waals surface area contributed by atoms with Crippen LogP contribution in [-0.2, 0) is 10.9 Å². The number of carbonyl (C=O) groups excluding carboxylic acids is 2. The van der Waals surface area contributed by atoms with E-state index >= 15 is 0 Å². The Morgan fingerprint density at radius 3 is 2.56 bits per heavy atom. The van der Waals surface area contributed by atoms with Crippen molar-refractivity contribution >= 4 is 29.2 Å². The molecule has 8 nitrogen and oxygen atoms in total. The molecule has 0 aromatic carbocycles. The van der Waals surface area contributed by atoms with Gasteiger partial charge in [-0.2, -0.15) is 13.2 Å². The van der Waals surface area contributed by atoms with Crippen molar-refractivity contribution in [2.24, 2.45) is 0 Å². The zero-order valence-electron chi connectivity index (χ0n) is 18.0. The Balaban J connectivity index is 1.44. The molecule has 0 unspecified atom stereocenters. The Hall–Kier alpha value is -3.21. The Bertz CT molecular complexity index is 1250. The van der Waals surface area contributed by atoms with Gasteiger partial charge in [-0.3, -0.25) is 14.1 Å². The Morgan fingerprint density at radius 1 is 1.24 bits per heavy atom. The monoisotopic (exact) mass is 496 g/mol. The summed E-state index contributed by atoms with van der Waals surface area (Å²) in [6.07, 6.45) is 0.0315. The number of rotatable bonds is 3. The number of cyclic esters (lactones) is 1. The van der Waals surface area contributed by atoms with Gasteiger partial charge in [-0.05, 0) is 31.9 Å². The Kier molecular flexibility index (Phi) is 5.46. The number of alkyl halides is 3. The molecular formula is C22H20ClF3N4O4. The van der Waals surface area contributed by atoms with Gasteiger partial charge in [0.2, 0.25) is 0 Å². The zero-order valence-corrected chi connectivity index (χ0v) is 18.8. The molecule has 0 saturated carbocycles. The third-order valence-corrected chi connectivity index (χ3v) is 6.66. The van der Waals surface area contributed by atoms with Crippen molar-refractivity contribution in [3.63, 3.8) is 0 Å². The minimum Gasteiger partial charge on any atom is -0.472 e. The third kappa shape index (κ3) is 3.77. The first-order valence-electron chi connectivity index (χ1n) is 10.7. The fraction of sp³-hybridized carbons (Fsp3) is 0.409. The highest BCUT2D eigenvalue weighted by Crippen LogP contribution is 2.37. The lowest BCUT2D eigenvalue weighted by molar-refractivity contribution is -0.136. The second-order valence-corrected chi connectivity index (χ2v) is 8.81. The lowest BCUT2D eigenvalue weighted by Crippen LogP contribution is -2.49. The van der Waals surface area contributed by atoms with Crippen molar-refractivity contribution in [3.05, 3.63) is 47.3 Å². The first kappa shape index (κ1) is 22.6. The molecule has 5 heterocycles. The molecule has 0 radical (unpaired) electrons. The SMILES string of the molecule is C[C@H]1COC(=O)N1C1CCN(C(=O)c2nc3c(C(F)(F)F)cc(-c4ccoc4)cn3c2Cl)CC1. The summed E-state index contributed by atoms with van der Waals surface area (Å²) in [6.45, 7) is 2.86. The van der Waals surface area contributed by atoms with Crippen LogP contribution in [0.25, 0.3) is 16.8 Å². The van der Waals surface area contributed by atoms with Crippen molar-refractivity contribution < 1.29 is 31.9 Å². The number of piperidine rings is 1. The fourth-order valence-electron chi connectivity index (χ4n) is 4.58. The molecule has 3 aromatic heterocycles. The van der Waals surface area contributed by atoms with Crippen molar-refractivity contribution in [3.8, 4) is 11.1 Å². The molecule has 0 bridgehead atoms. The van der Waals surface area contributed by atoms with E-state index in [1.165, 1.54) is 29.7 Å². The van der Waals surface area contributed by atoms with Gasteiger partial charge in [0.25, 0.3) is 5.91 Å². The highest BCUT2D eigenvalue weighted by molar-refractivity contribution is 6.33. The maximum absolute atomic E-state index is 13.8. The number of imidazole rings is 1. The van der Waals surface area contributed by atoms with Crippen molar-refractivity contribution in [2.75, 3.05) is 19.7 Å². The number of ether oxygens (including phenoxy) is 1. The predicted molar refractivity (Wildman–Crippen MR) is 114 cm³/mol. The summed E-state index contributed by atoms with van der Waals surface area (Å²) in [5, 5.41) is -0.199. The van der Waals surface area contributed by atoms with Gasteiger partial charge in [0, 0.05) is 36.5 Å². The number of amides is 2. The fourth-order valence-corrected chi connectivity index (χ4v) is 4.83. The van der Waals surface area contributed by atoms with Gasteiger partial charge >= 0.3 is 12.3 Å². The molecule has 12 heteroatoms. The molecular weight excluding hydrogens is 477 g/mol. The van der Waals surface area contributed by atoms with Crippen LogP contribution in [0, 0.1) is 0 Å². The van der Waals surface area contributed by atoms with Crippen LogP contribution in [0.3, 0.4) is 0 Å². The van der Waals surface area contributed by atoms with E-state index in [1.807, 2.05) is 6.92 Å². The van der Waals surface area contributed by atoms with Crippen LogP contribution in [-0.4, -0.2) is 63.0 Å². The Morgan fingerprint density at radius 2 is 1.97 bits per heavy atom. The van der Waals surface area contributed by atoms with Gasteiger partial charge in [0.05, 0.1) is 24.1 Å².